The Labute approximate surface area is 95.2 Å². The number of nitrogens with two attached hydrogens (primary N) is 1. The highest BCUT2D eigenvalue weighted by atomic mass is 32.1. The van der Waals surface area contributed by atoms with Gasteiger partial charge in [0.15, 0.2) is 6.79 Å². The summed E-state index contributed by atoms with van der Waals surface area (Å²) in [6, 6.07) is 3.83. The van der Waals surface area contributed by atoms with E-state index >= 15 is 0 Å². The third kappa shape index (κ3) is 2.91. The first-order valence-corrected chi connectivity index (χ1v) is 5.00. The lowest BCUT2D eigenvalue weighted by Gasteiger charge is -2.12. The van der Waals surface area contributed by atoms with Gasteiger partial charge in [-0.2, -0.15) is 0 Å². The molecule has 15 heavy (non-hydrogen) atoms. The van der Waals surface area contributed by atoms with Crippen LogP contribution in [0.25, 0.3) is 0 Å². The Morgan fingerprint density at radius 1 is 1.33 bits per heavy atom. The Morgan fingerprint density at radius 3 is 2.27 bits per heavy atom. The minimum Gasteiger partial charge on any atom is -0.467 e. The van der Waals surface area contributed by atoms with Crippen LogP contribution in [0.3, 0.4) is 0 Å². The van der Waals surface area contributed by atoms with E-state index in [0.29, 0.717) is 4.99 Å². The number of ether oxygens (including phenoxy) is 2. The molecule has 0 fully saturated rings. The fourth-order valence-electron chi connectivity index (χ4n) is 1.44. The number of benzene rings is 1. The summed E-state index contributed by atoms with van der Waals surface area (Å²) in [5.74, 6) is 0.830. The molecule has 1 aromatic rings. The van der Waals surface area contributed by atoms with Crippen LogP contribution in [-0.4, -0.2) is 18.9 Å². The molecule has 0 radical (unpaired) electrons. The van der Waals surface area contributed by atoms with E-state index in [2.05, 4.69) is 0 Å². The van der Waals surface area contributed by atoms with Crippen molar-refractivity contribution in [1.82, 2.24) is 0 Å². The predicted molar refractivity (Wildman–Crippen MR) is 64.3 cm³/mol. The lowest BCUT2D eigenvalue weighted by molar-refractivity contribution is 0.0501. The van der Waals surface area contributed by atoms with Crippen molar-refractivity contribution in [3.8, 4) is 5.75 Å². The van der Waals surface area contributed by atoms with Crippen LogP contribution < -0.4 is 10.5 Å². The van der Waals surface area contributed by atoms with Crippen LogP contribution >= 0.6 is 12.2 Å². The predicted octanol–water partition coefficient (Wildman–Crippen LogP) is 1.92. The molecule has 0 aromatic heterocycles. The van der Waals surface area contributed by atoms with Crippen LogP contribution in [0.2, 0.25) is 0 Å². The number of hydrogen-bond donors (Lipinski definition) is 1. The molecule has 0 aliphatic rings. The van der Waals surface area contributed by atoms with E-state index in [1.54, 1.807) is 7.11 Å². The van der Waals surface area contributed by atoms with Gasteiger partial charge in [-0.25, -0.2) is 0 Å². The lowest BCUT2D eigenvalue weighted by Crippen LogP contribution is -2.11. The molecular formula is C11H15NO2S. The normalized spacial score (nSPS) is 10.1. The summed E-state index contributed by atoms with van der Waals surface area (Å²) in [6.07, 6.45) is 0. The number of rotatable bonds is 4. The Kier molecular flexibility index (Phi) is 4.05. The molecule has 2 N–H and O–H groups in total. The van der Waals surface area contributed by atoms with E-state index in [-0.39, 0.29) is 6.79 Å². The minimum absolute atomic E-state index is 0.244. The molecule has 1 aromatic carbocycles. The number of hydrogen-bond acceptors (Lipinski definition) is 3. The average Bonchev–Trinajstić information content (AvgIpc) is 2.16. The molecule has 82 valence electrons. The second-order valence-electron chi connectivity index (χ2n) is 3.35. The number of aryl methyl sites for hydroxylation is 2. The standard InChI is InChI=1S/C11H15NO2S/c1-7-4-9(11(12)15)5-8(2)10(7)14-6-13-3/h4-5H,6H2,1-3H3,(H2,12,15). The molecule has 0 atom stereocenters. The molecule has 0 aliphatic heterocycles. The van der Waals surface area contributed by atoms with Crippen LogP contribution in [0.15, 0.2) is 12.1 Å². The maximum absolute atomic E-state index is 5.57. The van der Waals surface area contributed by atoms with E-state index in [9.17, 15) is 0 Å². The number of methoxy groups -OCH3 is 1. The zero-order valence-electron chi connectivity index (χ0n) is 9.16. The van der Waals surface area contributed by atoms with Crippen LogP contribution in [0.5, 0.6) is 5.75 Å². The van der Waals surface area contributed by atoms with E-state index in [0.717, 1.165) is 22.4 Å². The average molecular weight is 225 g/mol. The highest BCUT2D eigenvalue weighted by Crippen LogP contribution is 2.24. The SMILES string of the molecule is COCOc1c(C)cc(C(N)=S)cc1C. The molecule has 0 heterocycles. The van der Waals surface area contributed by atoms with Gasteiger partial charge in [0.1, 0.15) is 10.7 Å². The molecule has 0 bridgehead atoms. The van der Waals surface area contributed by atoms with Crippen molar-refractivity contribution in [2.24, 2.45) is 5.73 Å². The fraction of sp³-hybridized carbons (Fsp3) is 0.364. The van der Waals surface area contributed by atoms with Crippen LogP contribution in [-0.2, 0) is 4.74 Å². The van der Waals surface area contributed by atoms with Gasteiger partial charge < -0.3 is 15.2 Å². The Balaban J connectivity index is 3.04. The number of thiocarbonyl (C=S) groups is 1. The van der Waals surface area contributed by atoms with Gasteiger partial charge in [0.05, 0.1) is 0 Å². The third-order valence-corrected chi connectivity index (χ3v) is 2.30. The molecular weight excluding hydrogens is 210 g/mol. The van der Waals surface area contributed by atoms with Gasteiger partial charge in [0.2, 0.25) is 0 Å². The van der Waals surface area contributed by atoms with Gasteiger partial charge in [-0.1, -0.05) is 12.2 Å². The van der Waals surface area contributed by atoms with Crippen molar-refractivity contribution in [2.45, 2.75) is 13.8 Å². The summed E-state index contributed by atoms with van der Waals surface area (Å²) in [5, 5.41) is 0. The summed E-state index contributed by atoms with van der Waals surface area (Å²) in [5.41, 5.74) is 8.45. The fourth-order valence-corrected chi connectivity index (χ4v) is 1.56. The first-order chi connectivity index (χ1) is 7.06. The summed E-state index contributed by atoms with van der Waals surface area (Å²) in [6.45, 7) is 4.16. The van der Waals surface area contributed by atoms with Gasteiger partial charge in [0.25, 0.3) is 0 Å². The quantitative estimate of drug-likeness (QED) is 0.628. The maximum Gasteiger partial charge on any atom is 0.188 e. The first kappa shape index (κ1) is 11.9. The van der Waals surface area contributed by atoms with Crippen LogP contribution in [0, 0.1) is 13.8 Å². The van der Waals surface area contributed by atoms with E-state index in [4.69, 9.17) is 27.4 Å². The zero-order valence-corrected chi connectivity index (χ0v) is 9.98. The molecule has 0 saturated carbocycles. The third-order valence-electron chi connectivity index (χ3n) is 2.07. The van der Waals surface area contributed by atoms with Gasteiger partial charge in [0, 0.05) is 12.7 Å². The smallest absolute Gasteiger partial charge is 0.188 e. The zero-order chi connectivity index (χ0) is 11.4. The minimum atomic E-state index is 0.244. The summed E-state index contributed by atoms with van der Waals surface area (Å²) in [7, 11) is 1.59. The van der Waals surface area contributed by atoms with Crippen molar-refractivity contribution in [1.29, 1.82) is 0 Å². The highest BCUT2D eigenvalue weighted by Gasteiger charge is 2.07. The van der Waals surface area contributed by atoms with Crippen molar-refractivity contribution in [3.63, 3.8) is 0 Å². The molecule has 1 rings (SSSR count). The van der Waals surface area contributed by atoms with Gasteiger partial charge >= 0.3 is 0 Å². The van der Waals surface area contributed by atoms with Crippen molar-refractivity contribution < 1.29 is 9.47 Å². The van der Waals surface area contributed by atoms with Crippen LogP contribution in [0.4, 0.5) is 0 Å². The van der Waals surface area contributed by atoms with E-state index < -0.39 is 0 Å². The second-order valence-corrected chi connectivity index (χ2v) is 3.79. The van der Waals surface area contributed by atoms with E-state index in [1.165, 1.54) is 0 Å². The molecule has 0 amide bonds. The monoisotopic (exact) mass is 225 g/mol. The molecule has 0 unspecified atom stereocenters. The molecule has 3 nitrogen and oxygen atoms in total. The van der Waals surface area contributed by atoms with Crippen LogP contribution in [0.1, 0.15) is 16.7 Å². The Bertz CT molecular complexity index is 354. The van der Waals surface area contributed by atoms with Crippen molar-refractivity contribution in [3.05, 3.63) is 28.8 Å². The van der Waals surface area contributed by atoms with E-state index in [1.807, 2.05) is 26.0 Å². The van der Waals surface area contributed by atoms with Gasteiger partial charge in [-0.15, -0.1) is 0 Å². The lowest BCUT2D eigenvalue weighted by atomic mass is 10.1. The molecule has 0 spiro atoms. The Hall–Kier alpha value is -1.13. The maximum atomic E-state index is 5.57. The van der Waals surface area contributed by atoms with Crippen molar-refractivity contribution in [2.75, 3.05) is 13.9 Å². The summed E-state index contributed by atoms with van der Waals surface area (Å²) >= 11 is 4.92. The topological polar surface area (TPSA) is 44.5 Å². The summed E-state index contributed by atoms with van der Waals surface area (Å²) in [4.78, 5) is 0.402. The highest BCUT2D eigenvalue weighted by molar-refractivity contribution is 7.80. The van der Waals surface area contributed by atoms with Gasteiger partial charge in [-0.05, 0) is 37.1 Å². The first-order valence-electron chi connectivity index (χ1n) is 4.59. The van der Waals surface area contributed by atoms with Crippen molar-refractivity contribution >= 4 is 17.2 Å². The van der Waals surface area contributed by atoms with Gasteiger partial charge in [-0.3, -0.25) is 0 Å². The largest absolute Gasteiger partial charge is 0.467 e. The molecule has 0 saturated heterocycles. The molecule has 4 heteroatoms. The molecule has 0 aliphatic carbocycles. The summed E-state index contributed by atoms with van der Waals surface area (Å²) < 4.78 is 10.3. The second kappa shape index (κ2) is 5.09. The Morgan fingerprint density at radius 2 is 1.87 bits per heavy atom.